The number of carbonyl (C=O) groups excluding carboxylic acids is 2. The fraction of sp³-hybridized carbons (Fsp3) is 0.636. The van der Waals surface area contributed by atoms with Crippen molar-refractivity contribution in [2.24, 2.45) is 0 Å². The number of hydrogen-bond acceptors (Lipinski definition) is 3. The zero-order valence-corrected chi connectivity index (χ0v) is 8.33. The minimum atomic E-state index is -0.697. The van der Waals surface area contributed by atoms with Crippen molar-refractivity contribution in [3.63, 3.8) is 0 Å². The lowest BCUT2D eigenvalue weighted by Gasteiger charge is -2.21. The molecule has 0 aromatic heterocycles. The summed E-state index contributed by atoms with van der Waals surface area (Å²) in [6, 6.07) is 0. The molecule has 1 aliphatic carbocycles. The van der Waals surface area contributed by atoms with Gasteiger partial charge in [0.15, 0.2) is 0 Å². The molecule has 1 fully saturated rings. The second-order valence-corrected chi connectivity index (χ2v) is 3.58. The molecule has 0 aliphatic heterocycles. The molecule has 0 radical (unpaired) electrons. The molecule has 14 heavy (non-hydrogen) atoms. The van der Waals surface area contributed by atoms with Crippen molar-refractivity contribution in [1.82, 2.24) is 0 Å². The van der Waals surface area contributed by atoms with Crippen LogP contribution in [0.5, 0.6) is 0 Å². The van der Waals surface area contributed by atoms with Gasteiger partial charge in [-0.15, -0.1) is 6.58 Å². The van der Waals surface area contributed by atoms with Gasteiger partial charge < -0.3 is 4.74 Å². The standard InChI is InChI=1S/C11H16O3/c1-2-6-10(12)11(13)14-9-7-4-3-5-8-9/h2,9H,1,3-8H2. The number of Topliss-reactive ketones (excluding diaryl/α,β-unsaturated/α-hetero) is 1. The summed E-state index contributed by atoms with van der Waals surface area (Å²) in [7, 11) is 0. The second-order valence-electron chi connectivity index (χ2n) is 3.58. The molecule has 0 unspecified atom stereocenters. The van der Waals surface area contributed by atoms with Crippen LogP contribution in [-0.4, -0.2) is 17.9 Å². The fourth-order valence-electron chi connectivity index (χ4n) is 1.61. The summed E-state index contributed by atoms with van der Waals surface area (Å²) >= 11 is 0. The van der Waals surface area contributed by atoms with Gasteiger partial charge in [0.2, 0.25) is 5.78 Å². The summed E-state index contributed by atoms with van der Waals surface area (Å²) in [5.74, 6) is -1.19. The van der Waals surface area contributed by atoms with Crippen molar-refractivity contribution >= 4 is 11.8 Å². The van der Waals surface area contributed by atoms with Gasteiger partial charge in [-0.25, -0.2) is 4.79 Å². The first-order valence-corrected chi connectivity index (χ1v) is 5.08. The summed E-state index contributed by atoms with van der Waals surface area (Å²) in [6.07, 6.45) is 6.64. The monoisotopic (exact) mass is 196 g/mol. The summed E-state index contributed by atoms with van der Waals surface area (Å²) in [5.41, 5.74) is 0. The highest BCUT2D eigenvalue weighted by Crippen LogP contribution is 2.20. The van der Waals surface area contributed by atoms with E-state index in [9.17, 15) is 9.59 Å². The summed E-state index contributed by atoms with van der Waals surface area (Å²) < 4.78 is 5.07. The Labute approximate surface area is 84.1 Å². The number of esters is 1. The van der Waals surface area contributed by atoms with E-state index in [1.54, 1.807) is 0 Å². The van der Waals surface area contributed by atoms with Crippen LogP contribution in [0.2, 0.25) is 0 Å². The predicted octanol–water partition coefficient (Wildman–Crippen LogP) is 2.01. The van der Waals surface area contributed by atoms with E-state index < -0.39 is 11.8 Å². The third-order valence-electron chi connectivity index (χ3n) is 2.38. The van der Waals surface area contributed by atoms with Crippen molar-refractivity contribution in [2.45, 2.75) is 44.6 Å². The highest BCUT2D eigenvalue weighted by atomic mass is 16.5. The first-order valence-electron chi connectivity index (χ1n) is 5.08. The summed E-state index contributed by atoms with van der Waals surface area (Å²) in [6.45, 7) is 3.40. The summed E-state index contributed by atoms with van der Waals surface area (Å²) in [4.78, 5) is 22.3. The van der Waals surface area contributed by atoms with Crippen molar-refractivity contribution in [3.05, 3.63) is 12.7 Å². The van der Waals surface area contributed by atoms with Crippen LogP contribution in [0, 0.1) is 0 Å². The minimum Gasteiger partial charge on any atom is -0.457 e. The van der Waals surface area contributed by atoms with E-state index in [2.05, 4.69) is 6.58 Å². The van der Waals surface area contributed by atoms with Crippen molar-refractivity contribution in [3.8, 4) is 0 Å². The maximum Gasteiger partial charge on any atom is 0.375 e. The van der Waals surface area contributed by atoms with E-state index in [-0.39, 0.29) is 12.5 Å². The average molecular weight is 196 g/mol. The molecular formula is C11H16O3. The van der Waals surface area contributed by atoms with E-state index in [4.69, 9.17) is 4.74 Å². The Bertz CT molecular complexity index is 227. The highest BCUT2D eigenvalue weighted by molar-refractivity contribution is 6.33. The van der Waals surface area contributed by atoms with Crippen LogP contribution < -0.4 is 0 Å². The molecule has 78 valence electrons. The van der Waals surface area contributed by atoms with E-state index in [1.165, 1.54) is 12.5 Å². The molecule has 0 amide bonds. The smallest absolute Gasteiger partial charge is 0.375 e. The fourth-order valence-corrected chi connectivity index (χ4v) is 1.61. The van der Waals surface area contributed by atoms with Crippen molar-refractivity contribution in [1.29, 1.82) is 0 Å². The third kappa shape index (κ3) is 3.32. The molecule has 0 bridgehead atoms. The third-order valence-corrected chi connectivity index (χ3v) is 2.38. The lowest BCUT2D eigenvalue weighted by Crippen LogP contribution is -2.25. The quantitative estimate of drug-likeness (QED) is 0.392. The average Bonchev–Trinajstić information content (AvgIpc) is 2.19. The van der Waals surface area contributed by atoms with Gasteiger partial charge in [-0.1, -0.05) is 12.5 Å². The largest absolute Gasteiger partial charge is 0.457 e. The number of ketones is 1. The van der Waals surface area contributed by atoms with Crippen molar-refractivity contribution < 1.29 is 14.3 Å². The Balaban J connectivity index is 2.31. The first kappa shape index (κ1) is 11.0. The molecule has 3 heteroatoms. The number of ether oxygens (including phenoxy) is 1. The minimum absolute atomic E-state index is 0.0370. The van der Waals surface area contributed by atoms with Crippen LogP contribution >= 0.6 is 0 Å². The number of hydrogen-bond donors (Lipinski definition) is 0. The molecule has 0 spiro atoms. The molecule has 1 aliphatic rings. The molecule has 1 saturated carbocycles. The molecule has 3 nitrogen and oxygen atoms in total. The van der Waals surface area contributed by atoms with Gasteiger partial charge in [-0.2, -0.15) is 0 Å². The number of allylic oxidation sites excluding steroid dienone is 1. The zero-order chi connectivity index (χ0) is 10.4. The lowest BCUT2D eigenvalue weighted by atomic mass is 9.98. The Hall–Kier alpha value is -1.12. The van der Waals surface area contributed by atoms with Gasteiger partial charge in [0.05, 0.1) is 0 Å². The predicted molar refractivity (Wildman–Crippen MR) is 52.8 cm³/mol. The van der Waals surface area contributed by atoms with E-state index in [1.807, 2.05) is 0 Å². The Kier molecular flexibility index (Phi) is 4.36. The number of rotatable bonds is 4. The molecule has 0 N–H and O–H groups in total. The van der Waals surface area contributed by atoms with Crippen LogP contribution in [0.3, 0.4) is 0 Å². The molecule has 0 saturated heterocycles. The van der Waals surface area contributed by atoms with E-state index in [0.29, 0.717) is 0 Å². The van der Waals surface area contributed by atoms with Gasteiger partial charge in [0, 0.05) is 6.42 Å². The second kappa shape index (κ2) is 5.58. The molecule has 0 atom stereocenters. The highest BCUT2D eigenvalue weighted by Gasteiger charge is 2.21. The van der Waals surface area contributed by atoms with Gasteiger partial charge in [-0.05, 0) is 25.7 Å². The Morgan fingerprint density at radius 3 is 2.50 bits per heavy atom. The van der Waals surface area contributed by atoms with E-state index >= 15 is 0 Å². The van der Waals surface area contributed by atoms with Gasteiger partial charge in [0.1, 0.15) is 6.10 Å². The van der Waals surface area contributed by atoms with Crippen LogP contribution in [0.1, 0.15) is 38.5 Å². The maximum atomic E-state index is 11.2. The van der Waals surface area contributed by atoms with Crippen LogP contribution in [0.25, 0.3) is 0 Å². The van der Waals surface area contributed by atoms with Gasteiger partial charge in [-0.3, -0.25) is 4.79 Å². The molecular weight excluding hydrogens is 180 g/mol. The van der Waals surface area contributed by atoms with Gasteiger partial charge >= 0.3 is 5.97 Å². The normalized spacial score (nSPS) is 17.4. The van der Waals surface area contributed by atoms with Crippen LogP contribution in [0.4, 0.5) is 0 Å². The topological polar surface area (TPSA) is 43.4 Å². The van der Waals surface area contributed by atoms with E-state index in [0.717, 1.165) is 25.7 Å². The molecule has 0 heterocycles. The molecule has 0 aromatic carbocycles. The van der Waals surface area contributed by atoms with Gasteiger partial charge in [0.25, 0.3) is 0 Å². The number of carbonyl (C=O) groups is 2. The first-order chi connectivity index (χ1) is 6.74. The SMILES string of the molecule is C=CCC(=O)C(=O)OC1CCCCC1. The Morgan fingerprint density at radius 1 is 1.29 bits per heavy atom. The molecule has 0 aromatic rings. The summed E-state index contributed by atoms with van der Waals surface area (Å²) in [5, 5.41) is 0. The lowest BCUT2D eigenvalue weighted by molar-refractivity contribution is -0.158. The van der Waals surface area contributed by atoms with Crippen LogP contribution in [-0.2, 0) is 14.3 Å². The van der Waals surface area contributed by atoms with Crippen LogP contribution in [0.15, 0.2) is 12.7 Å². The Morgan fingerprint density at radius 2 is 1.93 bits per heavy atom. The zero-order valence-electron chi connectivity index (χ0n) is 8.33. The molecule has 1 rings (SSSR count). The van der Waals surface area contributed by atoms with Crippen molar-refractivity contribution in [2.75, 3.05) is 0 Å². The maximum absolute atomic E-state index is 11.2.